The number of benzene rings is 2. The van der Waals surface area contributed by atoms with Crippen LogP contribution in [0.1, 0.15) is 12.5 Å². The van der Waals surface area contributed by atoms with Crippen LogP contribution in [0, 0.1) is 5.82 Å². The maximum absolute atomic E-state index is 13.3. The predicted octanol–water partition coefficient (Wildman–Crippen LogP) is 5.35. The highest BCUT2D eigenvalue weighted by molar-refractivity contribution is 9.10. The van der Waals surface area contributed by atoms with Crippen LogP contribution < -0.4 is 9.47 Å². The van der Waals surface area contributed by atoms with Crippen molar-refractivity contribution in [3.05, 3.63) is 70.7 Å². The summed E-state index contributed by atoms with van der Waals surface area (Å²) in [7, 11) is 1.56. The van der Waals surface area contributed by atoms with Crippen LogP contribution in [0.3, 0.4) is 0 Å². The fraction of sp³-hybridized carbons (Fsp3) is 0.208. The van der Waals surface area contributed by atoms with Crippen LogP contribution in [0.4, 0.5) is 4.39 Å². The number of fused-ring (bicyclic) bond motifs is 1. The number of ether oxygens (including phenoxy) is 3. The van der Waals surface area contributed by atoms with Crippen LogP contribution >= 0.6 is 15.9 Å². The molecule has 0 N–H and O–H groups in total. The first kappa shape index (κ1) is 22.7. The Morgan fingerprint density at radius 3 is 2.64 bits per heavy atom. The van der Waals surface area contributed by atoms with E-state index in [4.69, 9.17) is 18.6 Å². The third kappa shape index (κ3) is 4.83. The number of para-hydroxylation sites is 1. The van der Waals surface area contributed by atoms with Crippen LogP contribution in [-0.4, -0.2) is 35.8 Å². The van der Waals surface area contributed by atoms with Crippen molar-refractivity contribution >= 4 is 33.0 Å². The Balaban J connectivity index is 1.72. The minimum absolute atomic E-state index is 0.150. The van der Waals surface area contributed by atoms with E-state index in [2.05, 4.69) is 25.9 Å². The molecule has 0 spiro atoms. The minimum atomic E-state index is -0.990. The van der Waals surface area contributed by atoms with Crippen LogP contribution in [-0.2, 0) is 16.0 Å². The molecule has 0 fully saturated rings. The molecule has 7 nitrogen and oxygen atoms in total. The summed E-state index contributed by atoms with van der Waals surface area (Å²) in [6.45, 7) is 1.93. The van der Waals surface area contributed by atoms with E-state index in [1.54, 1.807) is 26.2 Å². The number of nitrogens with zero attached hydrogens (tertiary/aromatic N) is 2. The molecule has 1 atom stereocenters. The van der Waals surface area contributed by atoms with Gasteiger partial charge >= 0.3 is 5.97 Å². The van der Waals surface area contributed by atoms with Crippen molar-refractivity contribution in [2.24, 2.45) is 0 Å². The number of hydrogen-bond acceptors (Lipinski definition) is 7. The Hall–Kier alpha value is -3.46. The highest BCUT2D eigenvalue weighted by Crippen LogP contribution is 2.40. The first-order valence-corrected chi connectivity index (χ1v) is 10.9. The number of methoxy groups -OCH3 is 1. The van der Waals surface area contributed by atoms with Crippen molar-refractivity contribution < 1.29 is 27.8 Å². The number of rotatable bonds is 8. The summed E-state index contributed by atoms with van der Waals surface area (Å²) in [6.07, 6.45) is 0.498. The van der Waals surface area contributed by atoms with Gasteiger partial charge in [-0.2, -0.15) is 0 Å². The molecule has 0 aliphatic carbocycles. The van der Waals surface area contributed by atoms with Crippen molar-refractivity contribution in [1.29, 1.82) is 0 Å². The first-order chi connectivity index (χ1) is 16.0. The summed E-state index contributed by atoms with van der Waals surface area (Å²) in [5, 5.41) is 0.450. The van der Waals surface area contributed by atoms with E-state index in [1.807, 2.05) is 24.3 Å². The molecule has 0 saturated carbocycles. The van der Waals surface area contributed by atoms with Gasteiger partial charge in [0, 0.05) is 12.0 Å². The lowest BCUT2D eigenvalue weighted by molar-refractivity contribution is -0.151. The van der Waals surface area contributed by atoms with Gasteiger partial charge < -0.3 is 18.6 Å². The van der Waals surface area contributed by atoms with Gasteiger partial charge in [-0.15, -0.1) is 0 Å². The highest BCUT2D eigenvalue weighted by Gasteiger charge is 2.28. The summed E-state index contributed by atoms with van der Waals surface area (Å²) in [4.78, 5) is 21.1. The summed E-state index contributed by atoms with van der Waals surface area (Å²) < 4.78 is 36.4. The van der Waals surface area contributed by atoms with Gasteiger partial charge in [0.2, 0.25) is 17.7 Å². The second kappa shape index (κ2) is 9.99. The maximum atomic E-state index is 13.3. The Bertz CT molecular complexity index is 1280. The van der Waals surface area contributed by atoms with E-state index in [1.165, 1.54) is 18.5 Å². The summed E-state index contributed by atoms with van der Waals surface area (Å²) in [5.74, 6) is 0.327. The van der Waals surface area contributed by atoms with Gasteiger partial charge in [0.15, 0.2) is 5.76 Å². The molecule has 2 aromatic heterocycles. The standard InChI is InChI=1S/C24H20BrFN2O5/c1-3-31-24(29)18(12-15-6-4-5-7-17(15)30-2)32-22-19-20(25)21(33-23(19)28-13-27-22)14-8-10-16(26)11-9-14/h4-11,13,18H,3,12H2,1-2H3/t18-/m1/s1. The minimum Gasteiger partial charge on any atom is -0.496 e. The number of hydrogen-bond donors (Lipinski definition) is 0. The second-order valence-corrected chi connectivity index (χ2v) is 7.78. The van der Waals surface area contributed by atoms with Crippen LogP contribution in [0.5, 0.6) is 11.6 Å². The SMILES string of the molecule is CCOC(=O)[C@@H](Cc1ccccc1OC)Oc1ncnc2oc(-c3ccc(F)cc3)c(Br)c12. The van der Waals surface area contributed by atoms with Gasteiger partial charge in [-0.1, -0.05) is 18.2 Å². The van der Waals surface area contributed by atoms with Gasteiger partial charge in [-0.25, -0.2) is 19.2 Å². The van der Waals surface area contributed by atoms with E-state index < -0.39 is 12.1 Å². The van der Waals surface area contributed by atoms with Crippen molar-refractivity contribution in [3.8, 4) is 23.0 Å². The first-order valence-electron chi connectivity index (χ1n) is 10.2. The summed E-state index contributed by atoms with van der Waals surface area (Å²) >= 11 is 3.52. The van der Waals surface area contributed by atoms with Gasteiger partial charge in [0.1, 0.15) is 23.3 Å². The normalized spacial score (nSPS) is 11.9. The number of aromatic nitrogens is 2. The molecule has 0 bridgehead atoms. The lowest BCUT2D eigenvalue weighted by Gasteiger charge is -2.18. The van der Waals surface area contributed by atoms with Crippen molar-refractivity contribution in [3.63, 3.8) is 0 Å². The Morgan fingerprint density at radius 2 is 1.91 bits per heavy atom. The molecular weight excluding hydrogens is 495 g/mol. The van der Waals surface area contributed by atoms with E-state index >= 15 is 0 Å². The fourth-order valence-electron chi connectivity index (χ4n) is 3.37. The van der Waals surface area contributed by atoms with E-state index in [0.717, 1.165) is 5.56 Å². The zero-order chi connectivity index (χ0) is 23.4. The molecular formula is C24H20BrFN2O5. The molecule has 2 heterocycles. The highest BCUT2D eigenvalue weighted by atomic mass is 79.9. The Morgan fingerprint density at radius 1 is 1.15 bits per heavy atom. The number of furan rings is 1. The molecule has 4 rings (SSSR count). The number of esters is 1. The average molecular weight is 515 g/mol. The maximum Gasteiger partial charge on any atom is 0.347 e. The molecule has 0 unspecified atom stereocenters. The van der Waals surface area contributed by atoms with Crippen molar-refractivity contribution in [1.82, 2.24) is 9.97 Å². The van der Waals surface area contributed by atoms with Gasteiger partial charge in [0.25, 0.3) is 0 Å². The van der Waals surface area contributed by atoms with E-state index in [0.29, 0.717) is 26.9 Å². The molecule has 33 heavy (non-hydrogen) atoms. The van der Waals surface area contributed by atoms with Crippen LogP contribution in [0.15, 0.2) is 63.7 Å². The Labute approximate surface area is 197 Å². The second-order valence-electron chi connectivity index (χ2n) is 6.99. The molecule has 0 amide bonds. The van der Waals surface area contributed by atoms with Crippen LogP contribution in [0.25, 0.3) is 22.4 Å². The lowest BCUT2D eigenvalue weighted by atomic mass is 10.1. The van der Waals surface area contributed by atoms with Gasteiger partial charge in [-0.05, 0) is 58.7 Å². The fourth-order valence-corrected chi connectivity index (χ4v) is 4.01. The summed E-state index contributed by atoms with van der Waals surface area (Å²) in [5.41, 5.74) is 1.68. The van der Waals surface area contributed by atoms with Gasteiger partial charge in [-0.3, -0.25) is 0 Å². The molecule has 4 aromatic rings. The molecule has 170 valence electrons. The van der Waals surface area contributed by atoms with E-state index in [9.17, 15) is 9.18 Å². The number of halogens is 2. The molecule has 0 saturated heterocycles. The summed E-state index contributed by atoms with van der Waals surface area (Å²) in [6, 6.07) is 13.2. The zero-order valence-electron chi connectivity index (χ0n) is 17.9. The third-order valence-corrected chi connectivity index (χ3v) is 5.66. The monoisotopic (exact) mass is 514 g/mol. The third-order valence-electron chi connectivity index (χ3n) is 4.90. The molecule has 0 aliphatic heterocycles. The van der Waals surface area contributed by atoms with Gasteiger partial charge in [0.05, 0.1) is 18.2 Å². The Kier molecular flexibility index (Phi) is 6.88. The van der Waals surface area contributed by atoms with E-state index in [-0.39, 0.29) is 30.4 Å². The molecule has 9 heteroatoms. The largest absolute Gasteiger partial charge is 0.496 e. The molecule has 0 aliphatic rings. The number of carbonyl (C=O) groups excluding carboxylic acids is 1. The topological polar surface area (TPSA) is 83.7 Å². The smallest absolute Gasteiger partial charge is 0.347 e. The predicted molar refractivity (Wildman–Crippen MR) is 123 cm³/mol. The quantitative estimate of drug-likeness (QED) is 0.293. The lowest BCUT2D eigenvalue weighted by Crippen LogP contribution is -2.32. The number of carbonyl (C=O) groups is 1. The van der Waals surface area contributed by atoms with Crippen molar-refractivity contribution in [2.45, 2.75) is 19.4 Å². The average Bonchev–Trinajstić information content (AvgIpc) is 3.17. The molecule has 2 aromatic carbocycles. The molecule has 0 radical (unpaired) electrons. The van der Waals surface area contributed by atoms with Crippen LogP contribution in [0.2, 0.25) is 0 Å². The van der Waals surface area contributed by atoms with Crippen molar-refractivity contribution in [2.75, 3.05) is 13.7 Å². The zero-order valence-corrected chi connectivity index (χ0v) is 19.5.